The van der Waals surface area contributed by atoms with E-state index in [9.17, 15) is 4.79 Å². The van der Waals surface area contributed by atoms with Gasteiger partial charge in [-0.05, 0) is 61.6 Å². The summed E-state index contributed by atoms with van der Waals surface area (Å²) in [6.45, 7) is 1.32. The number of aromatic nitrogens is 3. The topological polar surface area (TPSA) is 93.4 Å². The number of hydrogen-bond acceptors (Lipinski definition) is 6. The molecule has 3 aromatic rings. The number of piperidine rings is 1. The number of carbonyl (C=O) groups is 1. The third-order valence-electron chi connectivity index (χ3n) is 6.53. The third kappa shape index (κ3) is 4.30. The van der Waals surface area contributed by atoms with E-state index >= 15 is 0 Å². The van der Waals surface area contributed by atoms with Crippen molar-refractivity contribution in [1.29, 1.82) is 0 Å². The van der Waals surface area contributed by atoms with Crippen molar-refractivity contribution in [2.75, 3.05) is 25.5 Å². The third-order valence-corrected chi connectivity index (χ3v) is 6.53. The number of pyridine rings is 1. The summed E-state index contributed by atoms with van der Waals surface area (Å²) in [5.74, 6) is 2.74. The zero-order valence-corrected chi connectivity index (χ0v) is 18.2. The second-order valence-electron chi connectivity index (χ2n) is 8.74. The summed E-state index contributed by atoms with van der Waals surface area (Å²) < 4.78 is 10.8. The number of methoxy groups -OCH3 is 1. The largest absolute Gasteiger partial charge is 0.497 e. The Morgan fingerprint density at radius 2 is 2.00 bits per heavy atom. The molecule has 3 heterocycles. The molecule has 1 N–H and O–H groups in total. The number of carbonyl (C=O) groups excluding carboxylic acids is 1. The Labute approximate surface area is 187 Å². The second-order valence-corrected chi connectivity index (χ2v) is 8.74. The molecule has 8 nitrogen and oxygen atoms in total. The second kappa shape index (κ2) is 8.61. The fourth-order valence-corrected chi connectivity index (χ4v) is 4.45. The number of ether oxygens (including phenoxy) is 1. The molecule has 1 saturated carbocycles. The van der Waals surface area contributed by atoms with Gasteiger partial charge in [0.15, 0.2) is 5.82 Å². The molecule has 1 aliphatic heterocycles. The Bertz CT molecular complexity index is 1050. The Morgan fingerprint density at radius 3 is 2.66 bits per heavy atom. The van der Waals surface area contributed by atoms with Crippen molar-refractivity contribution < 1.29 is 14.1 Å². The Morgan fingerprint density at radius 1 is 1.22 bits per heavy atom. The molecule has 1 aliphatic carbocycles. The monoisotopic (exact) mass is 433 g/mol. The highest BCUT2D eigenvalue weighted by Gasteiger charge is 2.44. The van der Waals surface area contributed by atoms with Crippen LogP contribution in [0.2, 0.25) is 0 Å². The molecule has 166 valence electrons. The zero-order valence-electron chi connectivity index (χ0n) is 18.2. The molecular formula is C24H27N5O3. The average Bonchev–Trinajstić information content (AvgIpc) is 3.50. The van der Waals surface area contributed by atoms with E-state index in [0.717, 1.165) is 48.0 Å². The molecule has 0 spiro atoms. The highest BCUT2D eigenvalue weighted by molar-refractivity contribution is 5.89. The van der Waals surface area contributed by atoms with Crippen LogP contribution in [0.25, 0.3) is 11.5 Å². The van der Waals surface area contributed by atoms with Gasteiger partial charge in [0, 0.05) is 36.6 Å². The normalized spacial score (nSPS) is 17.7. The predicted molar refractivity (Wildman–Crippen MR) is 119 cm³/mol. The fraction of sp³-hybridized carbons (Fsp3) is 0.417. The first-order chi connectivity index (χ1) is 15.6. The van der Waals surface area contributed by atoms with E-state index in [1.807, 2.05) is 41.3 Å². The standard InChI is InChI=1S/C24H27N5O3/c1-31-20-8-6-19(7-9-20)26-23(30)29-13-10-24(11-14-29,15-17-4-5-17)22-27-21(32-28-22)18-3-2-12-25-16-18/h2-3,6-9,12,16-17H,4-5,10-11,13-15H2,1H3,(H,26,30). The summed E-state index contributed by atoms with van der Waals surface area (Å²) in [6.07, 6.45) is 8.68. The Kier molecular flexibility index (Phi) is 5.51. The lowest BCUT2D eigenvalue weighted by molar-refractivity contribution is 0.153. The SMILES string of the molecule is COc1ccc(NC(=O)N2CCC(CC3CC3)(c3noc(-c4cccnc4)n3)CC2)cc1. The Balaban J connectivity index is 1.28. The summed E-state index contributed by atoms with van der Waals surface area (Å²) in [5, 5.41) is 7.36. The number of nitrogens with zero attached hydrogens (tertiary/aromatic N) is 4. The van der Waals surface area contributed by atoms with Crippen molar-refractivity contribution in [3.63, 3.8) is 0 Å². The van der Waals surface area contributed by atoms with Crippen LogP contribution in [0.15, 0.2) is 53.3 Å². The van der Waals surface area contributed by atoms with Crippen LogP contribution >= 0.6 is 0 Å². The summed E-state index contributed by atoms with van der Waals surface area (Å²) in [5.41, 5.74) is 1.43. The molecule has 0 atom stereocenters. The van der Waals surface area contributed by atoms with E-state index in [0.29, 0.717) is 19.0 Å². The Hall–Kier alpha value is -3.42. The van der Waals surface area contributed by atoms with Crippen LogP contribution in [0, 0.1) is 5.92 Å². The molecule has 2 fully saturated rings. The van der Waals surface area contributed by atoms with E-state index in [2.05, 4.69) is 15.5 Å². The molecule has 5 rings (SSSR count). The minimum Gasteiger partial charge on any atom is -0.497 e. The fourth-order valence-electron chi connectivity index (χ4n) is 4.45. The number of rotatable bonds is 6. The average molecular weight is 434 g/mol. The smallest absolute Gasteiger partial charge is 0.321 e. The molecule has 32 heavy (non-hydrogen) atoms. The molecule has 2 aromatic heterocycles. The first kappa shape index (κ1) is 20.5. The van der Waals surface area contributed by atoms with Crippen LogP contribution in [0.4, 0.5) is 10.5 Å². The molecule has 0 radical (unpaired) electrons. The summed E-state index contributed by atoms with van der Waals surface area (Å²) >= 11 is 0. The molecule has 2 amide bonds. The lowest BCUT2D eigenvalue weighted by Crippen LogP contribution is -2.47. The first-order valence-electron chi connectivity index (χ1n) is 11.1. The van der Waals surface area contributed by atoms with Gasteiger partial charge in [-0.2, -0.15) is 4.98 Å². The number of amides is 2. The van der Waals surface area contributed by atoms with Crippen LogP contribution in [0.5, 0.6) is 5.75 Å². The molecule has 1 aromatic carbocycles. The first-order valence-corrected chi connectivity index (χ1v) is 11.1. The van der Waals surface area contributed by atoms with Gasteiger partial charge >= 0.3 is 6.03 Å². The summed E-state index contributed by atoms with van der Waals surface area (Å²) in [4.78, 5) is 23.6. The maximum Gasteiger partial charge on any atom is 0.321 e. The number of hydrogen-bond donors (Lipinski definition) is 1. The van der Waals surface area contributed by atoms with Crippen LogP contribution in [0.3, 0.4) is 0 Å². The van der Waals surface area contributed by atoms with Gasteiger partial charge in [-0.25, -0.2) is 4.79 Å². The maximum absolute atomic E-state index is 12.8. The highest BCUT2D eigenvalue weighted by Crippen LogP contribution is 2.46. The number of benzene rings is 1. The molecule has 1 saturated heterocycles. The van der Waals surface area contributed by atoms with Gasteiger partial charge in [0.2, 0.25) is 0 Å². The lowest BCUT2D eigenvalue weighted by atomic mass is 9.73. The number of likely N-dealkylation sites (tertiary alicyclic amines) is 1. The molecule has 2 aliphatic rings. The van der Waals surface area contributed by atoms with Crippen LogP contribution < -0.4 is 10.1 Å². The van der Waals surface area contributed by atoms with Crippen molar-refractivity contribution in [3.05, 3.63) is 54.6 Å². The van der Waals surface area contributed by atoms with E-state index in [1.165, 1.54) is 12.8 Å². The van der Waals surface area contributed by atoms with Crippen LogP contribution in [0.1, 0.15) is 37.9 Å². The maximum atomic E-state index is 12.8. The van der Waals surface area contributed by atoms with Gasteiger partial charge in [-0.15, -0.1) is 0 Å². The quantitative estimate of drug-likeness (QED) is 0.615. The molecule has 0 bridgehead atoms. The summed E-state index contributed by atoms with van der Waals surface area (Å²) in [7, 11) is 1.62. The van der Waals surface area contributed by atoms with Gasteiger partial charge < -0.3 is 19.5 Å². The minimum atomic E-state index is -0.151. The number of urea groups is 1. The van der Waals surface area contributed by atoms with E-state index in [-0.39, 0.29) is 11.4 Å². The zero-order chi connectivity index (χ0) is 22.0. The van der Waals surface area contributed by atoms with Crippen molar-refractivity contribution in [1.82, 2.24) is 20.0 Å². The van der Waals surface area contributed by atoms with Crippen molar-refractivity contribution in [3.8, 4) is 17.2 Å². The molecular weight excluding hydrogens is 406 g/mol. The van der Waals surface area contributed by atoms with Crippen LogP contribution in [-0.4, -0.2) is 46.3 Å². The van der Waals surface area contributed by atoms with Gasteiger partial charge in [0.1, 0.15) is 5.75 Å². The molecule has 0 unspecified atom stereocenters. The van der Waals surface area contributed by atoms with Crippen molar-refractivity contribution in [2.24, 2.45) is 5.92 Å². The van der Waals surface area contributed by atoms with Crippen molar-refractivity contribution >= 4 is 11.7 Å². The minimum absolute atomic E-state index is 0.0839. The van der Waals surface area contributed by atoms with E-state index in [4.69, 9.17) is 14.2 Å². The van der Waals surface area contributed by atoms with E-state index < -0.39 is 0 Å². The lowest BCUT2D eigenvalue weighted by Gasteiger charge is -2.40. The predicted octanol–water partition coefficient (Wildman–Crippen LogP) is 4.51. The van der Waals surface area contributed by atoms with Gasteiger partial charge in [0.25, 0.3) is 5.89 Å². The number of anilines is 1. The molecule has 8 heteroatoms. The van der Waals surface area contributed by atoms with Crippen molar-refractivity contribution in [2.45, 2.75) is 37.5 Å². The van der Waals surface area contributed by atoms with Gasteiger partial charge in [0.05, 0.1) is 12.7 Å². The summed E-state index contributed by atoms with van der Waals surface area (Å²) in [6, 6.07) is 11.1. The van der Waals surface area contributed by atoms with E-state index in [1.54, 1.807) is 19.5 Å². The number of nitrogens with one attached hydrogen (secondary N) is 1. The van der Waals surface area contributed by atoms with Gasteiger partial charge in [-0.1, -0.05) is 18.0 Å². The highest BCUT2D eigenvalue weighted by atomic mass is 16.5. The van der Waals surface area contributed by atoms with Crippen LogP contribution in [-0.2, 0) is 5.41 Å². The van der Waals surface area contributed by atoms with Gasteiger partial charge in [-0.3, -0.25) is 4.98 Å².